The van der Waals surface area contributed by atoms with E-state index in [1.165, 1.54) is 32.8 Å². The molecule has 0 amide bonds. The Morgan fingerprint density at radius 3 is 2.27 bits per heavy atom. The molecule has 0 saturated heterocycles. The van der Waals surface area contributed by atoms with E-state index < -0.39 is 0 Å². The number of nitrogens with zero attached hydrogens (tertiary/aromatic N) is 5. The maximum Gasteiger partial charge on any atom is 3.00 e. The van der Waals surface area contributed by atoms with Crippen LogP contribution in [0.4, 0.5) is 5.69 Å². The van der Waals surface area contributed by atoms with E-state index in [2.05, 4.69) is 97.9 Å². The molecule has 3 aromatic heterocycles. The van der Waals surface area contributed by atoms with Gasteiger partial charge < -0.3 is 14.2 Å². The summed E-state index contributed by atoms with van der Waals surface area (Å²) in [6, 6.07) is 31.7. The Labute approximate surface area is 272 Å². The van der Waals surface area contributed by atoms with Gasteiger partial charge in [-0.05, 0) is 59.9 Å². The summed E-state index contributed by atoms with van der Waals surface area (Å²) in [4.78, 5) is 13.9. The molecule has 7 aromatic rings. The van der Waals surface area contributed by atoms with E-state index in [1.54, 1.807) is 0 Å². The van der Waals surface area contributed by atoms with Gasteiger partial charge in [0, 0.05) is 23.5 Å². The van der Waals surface area contributed by atoms with Crippen molar-refractivity contribution < 1.29 is 20.1 Å². The van der Waals surface area contributed by atoms with Crippen LogP contribution in [0.25, 0.3) is 49.5 Å². The average Bonchev–Trinajstić information content (AvgIpc) is 3.68. The molecule has 8 rings (SSSR count). The first-order chi connectivity index (χ1) is 20.9. The number of anilines is 1. The van der Waals surface area contributed by atoms with Gasteiger partial charge in [-0.1, -0.05) is 62.7 Å². The van der Waals surface area contributed by atoms with Gasteiger partial charge in [0.15, 0.2) is 0 Å². The maximum atomic E-state index is 5.23. The van der Waals surface area contributed by atoms with E-state index in [0.29, 0.717) is 11.8 Å². The van der Waals surface area contributed by atoms with Gasteiger partial charge in [-0.3, -0.25) is 9.97 Å². The van der Waals surface area contributed by atoms with E-state index >= 15 is 0 Å². The minimum atomic E-state index is 0. The number of rotatable bonds is 4. The Kier molecular flexibility index (Phi) is 8.15. The molecule has 0 unspecified atom stereocenters. The van der Waals surface area contributed by atoms with Gasteiger partial charge in [0.2, 0.25) is 0 Å². The second-order valence-electron chi connectivity index (χ2n) is 11.8. The van der Waals surface area contributed by atoms with Crippen LogP contribution in [-0.2, 0) is 20.1 Å². The normalized spacial score (nSPS) is 13.1. The number of hydrogen-bond acceptors (Lipinski definition) is 4. The standard InChI is InChI=1S/C28H24N3.C10H10N2.Ir/c1-16(2)19-8-6-9-20(17(3)4)26(19)23-15-31-24-13-14-29-22-12-11-18-7-5-10-21(28(31)30-23)25(18)27(22)24;1-11-7-8-12(9-11)10-5-3-2-4-6-10;/h5-9,11-17H,1-4H3;2-5,7-9H,1H3;/q-1;-2;+3. The topological polar surface area (TPSA) is 36.7 Å². The monoisotopic (exact) mass is 753 g/mol. The van der Waals surface area contributed by atoms with Crippen LogP contribution in [0.5, 0.6) is 0 Å². The summed E-state index contributed by atoms with van der Waals surface area (Å²) in [5.74, 6) is 0.847. The smallest absolute Gasteiger partial charge is 0.510 e. The second kappa shape index (κ2) is 12.0. The maximum absolute atomic E-state index is 5.23. The van der Waals surface area contributed by atoms with Crippen molar-refractivity contribution >= 4 is 43.9 Å². The molecule has 0 saturated carbocycles. The van der Waals surface area contributed by atoms with Crippen molar-refractivity contribution in [2.75, 3.05) is 11.9 Å². The van der Waals surface area contributed by atoms with Gasteiger partial charge >= 0.3 is 20.1 Å². The molecule has 1 aliphatic rings. The molecular formula is C38H34IrN5. The first-order valence-corrected chi connectivity index (χ1v) is 14.9. The largest absolute Gasteiger partial charge is 3.00 e. The summed E-state index contributed by atoms with van der Waals surface area (Å²) < 4.78 is 2.23. The summed E-state index contributed by atoms with van der Waals surface area (Å²) in [6.07, 6.45) is 8.11. The Bertz CT molecular complexity index is 1980. The van der Waals surface area contributed by atoms with Crippen LogP contribution in [0, 0.1) is 18.8 Å². The molecule has 0 N–H and O–H groups in total. The third-order valence-electron chi connectivity index (χ3n) is 8.22. The van der Waals surface area contributed by atoms with E-state index in [-0.39, 0.29) is 20.1 Å². The van der Waals surface area contributed by atoms with Crippen molar-refractivity contribution in [1.82, 2.24) is 19.3 Å². The van der Waals surface area contributed by atoms with Gasteiger partial charge in [0.1, 0.15) is 0 Å². The molecule has 0 radical (unpaired) electrons. The molecule has 0 spiro atoms. The fraction of sp³-hybridized carbons (Fsp3) is 0.184. The molecule has 1 aliphatic heterocycles. The zero-order valence-electron chi connectivity index (χ0n) is 25.5. The van der Waals surface area contributed by atoms with Gasteiger partial charge in [-0.15, -0.1) is 29.3 Å². The van der Waals surface area contributed by atoms with E-state index in [4.69, 9.17) is 4.98 Å². The van der Waals surface area contributed by atoms with Gasteiger partial charge in [0.05, 0.1) is 16.9 Å². The average molecular weight is 753 g/mol. The molecule has 4 heterocycles. The van der Waals surface area contributed by atoms with Crippen LogP contribution in [0.3, 0.4) is 0 Å². The van der Waals surface area contributed by atoms with Crippen LogP contribution < -0.4 is 4.90 Å². The van der Waals surface area contributed by atoms with Crippen LogP contribution in [-0.4, -0.2) is 26.3 Å². The zero-order chi connectivity index (χ0) is 29.7. The van der Waals surface area contributed by atoms with E-state index in [9.17, 15) is 0 Å². The van der Waals surface area contributed by atoms with Crippen molar-refractivity contribution in [3.05, 3.63) is 128 Å². The predicted octanol–water partition coefficient (Wildman–Crippen LogP) is 9.17. The van der Waals surface area contributed by atoms with Gasteiger partial charge in [-0.2, -0.15) is 37.0 Å². The molecular weight excluding hydrogens is 719 g/mol. The van der Waals surface area contributed by atoms with Crippen molar-refractivity contribution in [1.29, 1.82) is 0 Å². The number of para-hydroxylation sites is 1. The summed E-state index contributed by atoms with van der Waals surface area (Å²) in [6.45, 7) is 11.0. The fourth-order valence-electron chi connectivity index (χ4n) is 6.16. The van der Waals surface area contributed by atoms with Gasteiger partial charge in [-0.25, -0.2) is 0 Å². The minimum absolute atomic E-state index is 0. The third-order valence-corrected chi connectivity index (χ3v) is 8.22. The first-order valence-electron chi connectivity index (χ1n) is 14.9. The summed E-state index contributed by atoms with van der Waals surface area (Å²) in [7, 11) is 2.00. The number of fused-ring (bicyclic) bond motifs is 3. The van der Waals surface area contributed by atoms with Crippen LogP contribution in [0.2, 0.25) is 0 Å². The molecule has 0 bridgehead atoms. The van der Waals surface area contributed by atoms with Crippen molar-refractivity contribution in [2.24, 2.45) is 0 Å². The number of hydrogen-bond donors (Lipinski definition) is 0. The van der Waals surface area contributed by atoms with Crippen LogP contribution in [0.15, 0.2) is 97.6 Å². The van der Waals surface area contributed by atoms with Gasteiger partial charge in [0.25, 0.3) is 0 Å². The molecule has 44 heavy (non-hydrogen) atoms. The molecule has 5 nitrogen and oxygen atoms in total. The van der Waals surface area contributed by atoms with Crippen LogP contribution >= 0.6 is 0 Å². The second-order valence-corrected chi connectivity index (χ2v) is 11.8. The summed E-state index contributed by atoms with van der Waals surface area (Å²) in [5.41, 5.74) is 9.18. The molecule has 220 valence electrons. The Morgan fingerprint density at radius 2 is 1.59 bits per heavy atom. The fourth-order valence-corrected chi connectivity index (χ4v) is 6.16. The number of imidazole rings is 1. The molecule has 0 atom stereocenters. The van der Waals surface area contributed by atoms with Crippen molar-refractivity contribution in [3.8, 4) is 11.3 Å². The third kappa shape index (κ3) is 5.12. The van der Waals surface area contributed by atoms with E-state index in [0.717, 1.165) is 33.4 Å². The molecule has 0 fully saturated rings. The Hall–Kier alpha value is -4.25. The predicted molar refractivity (Wildman–Crippen MR) is 178 cm³/mol. The first kappa shape index (κ1) is 29.8. The molecule has 6 heteroatoms. The summed E-state index contributed by atoms with van der Waals surface area (Å²) in [5, 5.41) is 4.65. The number of benzene rings is 4. The summed E-state index contributed by atoms with van der Waals surface area (Å²) >= 11 is 0. The zero-order valence-corrected chi connectivity index (χ0v) is 27.9. The molecule has 4 aromatic carbocycles. The quantitative estimate of drug-likeness (QED) is 0.133. The Balaban J connectivity index is 0.000000222. The number of aromatic nitrogens is 3. The minimum Gasteiger partial charge on any atom is -0.510 e. The van der Waals surface area contributed by atoms with Crippen LogP contribution in [0.1, 0.15) is 50.7 Å². The SMILES string of the molecule is CC(C)c1cccc(C(C)C)c1-c1cn2c3ccnc4ccc5cc[c-]c(c5c43)c2n1.CN1C=CN(c2[c-]cccc2)[CH-]1.[Ir+3]. The van der Waals surface area contributed by atoms with Crippen molar-refractivity contribution in [3.63, 3.8) is 0 Å². The Morgan fingerprint density at radius 1 is 0.795 bits per heavy atom. The molecule has 0 aliphatic carbocycles. The van der Waals surface area contributed by atoms with Crippen molar-refractivity contribution in [2.45, 2.75) is 39.5 Å². The number of pyridine rings is 2. The van der Waals surface area contributed by atoms with E-state index in [1.807, 2.05) is 72.4 Å².